The molecule has 0 radical (unpaired) electrons. The van der Waals surface area contributed by atoms with E-state index in [1.807, 2.05) is 20.8 Å². The highest BCUT2D eigenvalue weighted by Gasteiger charge is 2.34. The number of hydrogen-bond donors (Lipinski definition) is 2. The van der Waals surface area contributed by atoms with E-state index in [4.69, 9.17) is 4.55 Å². The van der Waals surface area contributed by atoms with Crippen LogP contribution in [0.5, 0.6) is 0 Å². The molecule has 114 valence electrons. The van der Waals surface area contributed by atoms with Gasteiger partial charge in [-0.05, 0) is 17.3 Å². The predicted molar refractivity (Wildman–Crippen MR) is 76.4 cm³/mol. The van der Waals surface area contributed by atoms with Crippen LogP contribution in [0.15, 0.2) is 0 Å². The van der Waals surface area contributed by atoms with Gasteiger partial charge in [0, 0.05) is 12.5 Å². The maximum absolute atomic E-state index is 12.2. The Morgan fingerprint density at radius 3 is 1.95 bits per heavy atom. The molecule has 1 atom stereocenters. The van der Waals surface area contributed by atoms with Gasteiger partial charge in [-0.25, -0.2) is 0 Å². The van der Waals surface area contributed by atoms with Gasteiger partial charge in [0.15, 0.2) is 0 Å². The van der Waals surface area contributed by atoms with Crippen LogP contribution in [0.25, 0.3) is 0 Å². The highest BCUT2D eigenvalue weighted by atomic mass is 32.2. The van der Waals surface area contributed by atoms with E-state index in [-0.39, 0.29) is 29.2 Å². The molecule has 6 heteroatoms. The summed E-state index contributed by atoms with van der Waals surface area (Å²) in [6.45, 7) is 12.1. The maximum atomic E-state index is 12.2. The lowest BCUT2D eigenvalue weighted by molar-refractivity contribution is -0.129. The molecular weight excluding hydrogens is 266 g/mol. The van der Waals surface area contributed by atoms with Crippen molar-refractivity contribution in [3.63, 3.8) is 0 Å². The average Bonchev–Trinajstić information content (AvgIpc) is 2.08. The quantitative estimate of drug-likeness (QED) is 0.760. The van der Waals surface area contributed by atoms with Crippen molar-refractivity contribution in [2.24, 2.45) is 16.7 Å². The summed E-state index contributed by atoms with van der Waals surface area (Å²) in [6.07, 6.45) is 0.716. The van der Waals surface area contributed by atoms with Gasteiger partial charge in [0.05, 0.1) is 5.75 Å². The normalized spacial score (nSPS) is 15.1. The van der Waals surface area contributed by atoms with Crippen LogP contribution in [0, 0.1) is 16.7 Å². The van der Waals surface area contributed by atoms with Gasteiger partial charge >= 0.3 is 0 Å². The molecule has 5 nitrogen and oxygen atoms in total. The molecule has 1 unspecified atom stereocenters. The monoisotopic (exact) mass is 293 g/mol. The third kappa shape index (κ3) is 8.99. The summed E-state index contributed by atoms with van der Waals surface area (Å²) in [5.41, 5.74) is -0.187. The molecule has 0 heterocycles. The molecule has 0 rings (SSSR count). The second kappa shape index (κ2) is 6.22. The van der Waals surface area contributed by atoms with Crippen LogP contribution in [0.2, 0.25) is 0 Å². The summed E-state index contributed by atoms with van der Waals surface area (Å²) in [6, 6.07) is 0. The van der Waals surface area contributed by atoms with Crippen molar-refractivity contribution in [2.45, 2.75) is 48.0 Å². The van der Waals surface area contributed by atoms with E-state index < -0.39 is 15.9 Å². The largest absolute Gasteiger partial charge is 0.355 e. The van der Waals surface area contributed by atoms with Gasteiger partial charge in [0.25, 0.3) is 10.1 Å². The molecule has 0 saturated heterocycles. The summed E-state index contributed by atoms with van der Waals surface area (Å²) in [5.74, 6) is -0.814. The molecule has 0 aromatic heterocycles. The number of hydrogen-bond acceptors (Lipinski definition) is 3. The van der Waals surface area contributed by atoms with E-state index in [1.165, 1.54) is 0 Å². The summed E-state index contributed by atoms with van der Waals surface area (Å²) in [4.78, 5) is 12.2. The highest BCUT2D eigenvalue weighted by molar-refractivity contribution is 7.85. The molecule has 19 heavy (non-hydrogen) atoms. The molecule has 0 aliphatic carbocycles. The first-order valence-corrected chi connectivity index (χ1v) is 8.06. The summed E-state index contributed by atoms with van der Waals surface area (Å²) in [5, 5.41) is 2.59. The van der Waals surface area contributed by atoms with E-state index in [9.17, 15) is 13.2 Å². The van der Waals surface area contributed by atoms with Gasteiger partial charge in [-0.1, -0.05) is 41.5 Å². The standard InChI is InChI=1S/C13H27NO4S/c1-12(2,3)9-10(13(4,5)6)11(15)14-7-8-19(16,17)18/h10H,7-9H2,1-6H3,(H,14,15)(H,16,17,18). The molecule has 2 N–H and O–H groups in total. The molecule has 0 fully saturated rings. The Kier molecular flexibility index (Phi) is 6.02. The molecule has 0 bridgehead atoms. The zero-order valence-corrected chi connectivity index (χ0v) is 13.6. The fraction of sp³-hybridized carbons (Fsp3) is 0.923. The number of rotatable bonds is 5. The Morgan fingerprint density at radius 1 is 1.16 bits per heavy atom. The zero-order chi connectivity index (χ0) is 15.5. The first kappa shape index (κ1) is 18.4. The Hall–Kier alpha value is -0.620. The summed E-state index contributed by atoms with van der Waals surface area (Å²) < 4.78 is 29.9. The topological polar surface area (TPSA) is 83.5 Å². The lowest BCUT2D eigenvalue weighted by atomic mass is 9.72. The van der Waals surface area contributed by atoms with Gasteiger partial charge in [0.1, 0.15) is 0 Å². The Labute approximate surface area is 116 Å². The Morgan fingerprint density at radius 2 is 1.63 bits per heavy atom. The van der Waals surface area contributed by atoms with Crippen LogP contribution in [-0.4, -0.2) is 31.2 Å². The van der Waals surface area contributed by atoms with Gasteiger partial charge in [-0.15, -0.1) is 0 Å². The first-order valence-electron chi connectivity index (χ1n) is 6.45. The Bertz CT molecular complexity index is 401. The molecule has 0 saturated carbocycles. The Balaban J connectivity index is 4.67. The number of carbonyl (C=O) groups is 1. The van der Waals surface area contributed by atoms with Crippen LogP contribution in [-0.2, 0) is 14.9 Å². The summed E-state index contributed by atoms with van der Waals surface area (Å²) in [7, 11) is -4.03. The van der Waals surface area contributed by atoms with Crippen LogP contribution in [0.1, 0.15) is 48.0 Å². The van der Waals surface area contributed by atoms with Gasteiger partial charge in [-0.2, -0.15) is 8.42 Å². The van der Waals surface area contributed by atoms with Crippen molar-refractivity contribution in [3.05, 3.63) is 0 Å². The lowest BCUT2D eigenvalue weighted by Gasteiger charge is -2.34. The molecule has 0 aliphatic heterocycles. The van der Waals surface area contributed by atoms with Gasteiger partial charge in [0.2, 0.25) is 5.91 Å². The molecule has 1 amide bonds. The van der Waals surface area contributed by atoms with Crippen molar-refractivity contribution in [1.82, 2.24) is 5.32 Å². The number of amides is 1. The predicted octanol–water partition coefficient (Wildman–Crippen LogP) is 2.09. The van der Waals surface area contributed by atoms with E-state index in [0.29, 0.717) is 6.42 Å². The van der Waals surface area contributed by atoms with Crippen molar-refractivity contribution in [3.8, 4) is 0 Å². The second-order valence-electron chi connectivity index (χ2n) is 7.26. The van der Waals surface area contributed by atoms with E-state index >= 15 is 0 Å². The van der Waals surface area contributed by atoms with Crippen molar-refractivity contribution < 1.29 is 17.8 Å². The molecular formula is C13H27NO4S. The lowest BCUT2D eigenvalue weighted by Crippen LogP contribution is -2.41. The minimum Gasteiger partial charge on any atom is -0.355 e. The SMILES string of the molecule is CC(C)(C)CC(C(=O)NCCS(=O)(=O)O)C(C)(C)C. The number of nitrogens with one attached hydrogen (secondary N) is 1. The molecule has 0 aliphatic rings. The fourth-order valence-corrected chi connectivity index (χ4v) is 2.19. The van der Waals surface area contributed by atoms with Crippen LogP contribution in [0.4, 0.5) is 0 Å². The van der Waals surface area contributed by atoms with E-state index in [1.54, 1.807) is 0 Å². The zero-order valence-electron chi connectivity index (χ0n) is 12.8. The second-order valence-corrected chi connectivity index (χ2v) is 8.83. The number of carbonyl (C=O) groups excluding carboxylic acids is 1. The van der Waals surface area contributed by atoms with Crippen molar-refractivity contribution in [2.75, 3.05) is 12.3 Å². The highest BCUT2D eigenvalue weighted by Crippen LogP contribution is 2.35. The van der Waals surface area contributed by atoms with E-state index in [2.05, 4.69) is 26.1 Å². The minimum absolute atomic E-state index is 0.0122. The average molecular weight is 293 g/mol. The molecule has 0 aromatic rings. The summed E-state index contributed by atoms with van der Waals surface area (Å²) >= 11 is 0. The van der Waals surface area contributed by atoms with Gasteiger partial charge < -0.3 is 5.32 Å². The van der Waals surface area contributed by atoms with Crippen LogP contribution in [0.3, 0.4) is 0 Å². The molecule has 0 aromatic carbocycles. The fourth-order valence-electron chi connectivity index (χ4n) is 1.83. The smallest absolute Gasteiger partial charge is 0.266 e. The van der Waals surface area contributed by atoms with E-state index in [0.717, 1.165) is 0 Å². The third-order valence-electron chi connectivity index (χ3n) is 2.84. The van der Waals surface area contributed by atoms with Gasteiger partial charge in [-0.3, -0.25) is 9.35 Å². The molecule has 0 spiro atoms. The minimum atomic E-state index is -4.03. The van der Waals surface area contributed by atoms with Crippen molar-refractivity contribution >= 4 is 16.0 Å². The van der Waals surface area contributed by atoms with Crippen molar-refractivity contribution in [1.29, 1.82) is 0 Å². The maximum Gasteiger partial charge on any atom is 0.266 e. The van der Waals surface area contributed by atoms with Crippen LogP contribution < -0.4 is 5.32 Å². The third-order valence-corrected chi connectivity index (χ3v) is 3.56. The first-order chi connectivity index (χ1) is 8.22. The van der Waals surface area contributed by atoms with Crippen LogP contribution >= 0.6 is 0 Å².